The Labute approximate surface area is 212 Å². The van der Waals surface area contributed by atoms with Crippen LogP contribution in [0, 0.1) is 5.95 Å². The van der Waals surface area contributed by atoms with Crippen LogP contribution in [0.15, 0.2) is 97.9 Å². The lowest BCUT2D eigenvalue weighted by Crippen LogP contribution is -2.33. The lowest BCUT2D eigenvalue weighted by atomic mass is 10.1. The van der Waals surface area contributed by atoms with Crippen LogP contribution in [0.25, 0.3) is 0 Å². The topological polar surface area (TPSA) is 40.5 Å². The van der Waals surface area contributed by atoms with Crippen molar-refractivity contribution in [2.45, 2.75) is 50.5 Å². The molecule has 1 aromatic heterocycles. The predicted molar refractivity (Wildman–Crippen MR) is 150 cm³/mol. The van der Waals surface area contributed by atoms with Gasteiger partial charge in [-0.15, -0.1) is 13.2 Å². The normalized spacial score (nSPS) is 17.0. The number of likely N-dealkylation sites (N-methyl/N-ethyl adjacent to an activating group) is 1. The summed E-state index contributed by atoms with van der Waals surface area (Å²) >= 11 is 0. The lowest BCUT2D eigenvalue weighted by Gasteiger charge is -2.23. The molecule has 35 heavy (non-hydrogen) atoms. The van der Waals surface area contributed by atoms with Gasteiger partial charge in [-0.1, -0.05) is 56.2 Å². The Morgan fingerprint density at radius 1 is 1.20 bits per heavy atom. The smallest absolute Gasteiger partial charge is 0.216 e. The van der Waals surface area contributed by atoms with E-state index in [0.717, 1.165) is 54.8 Å². The average molecular weight is 479 g/mol. The molecule has 1 saturated heterocycles. The molecule has 0 bridgehead atoms. The van der Waals surface area contributed by atoms with Crippen LogP contribution in [0.5, 0.6) is 0 Å². The van der Waals surface area contributed by atoms with Crippen LogP contribution in [0.4, 0.5) is 4.39 Å². The highest BCUT2D eigenvalue weighted by Gasteiger charge is 2.26. The molecule has 0 amide bonds. The second kappa shape index (κ2) is 17.4. The zero-order chi connectivity index (χ0) is 26.1. The zero-order valence-corrected chi connectivity index (χ0v) is 21.7. The number of hydrogen-bond acceptors (Lipinski definition) is 4. The third kappa shape index (κ3) is 11.8. The van der Waals surface area contributed by atoms with Crippen molar-refractivity contribution in [3.8, 4) is 0 Å². The molecule has 2 fully saturated rings. The van der Waals surface area contributed by atoms with Gasteiger partial charge >= 0.3 is 0 Å². The number of rotatable bonds is 11. The summed E-state index contributed by atoms with van der Waals surface area (Å²) in [7, 11) is 3.95. The maximum atomic E-state index is 12.8. The van der Waals surface area contributed by atoms with Gasteiger partial charge in [-0.05, 0) is 56.8 Å². The van der Waals surface area contributed by atoms with Crippen LogP contribution < -0.4 is 5.32 Å². The minimum absolute atomic E-state index is 0.287. The van der Waals surface area contributed by atoms with Gasteiger partial charge in [0.1, 0.15) is 0 Å². The highest BCUT2D eigenvalue weighted by Crippen LogP contribution is 2.40. The molecule has 1 aliphatic carbocycles. The number of aliphatic imine (C=N–C) groups is 1. The largest absolute Gasteiger partial charge is 0.383 e. The third-order valence-corrected chi connectivity index (χ3v) is 5.92. The van der Waals surface area contributed by atoms with Gasteiger partial charge in [0, 0.05) is 55.6 Å². The Morgan fingerprint density at radius 3 is 2.34 bits per heavy atom. The van der Waals surface area contributed by atoms with E-state index in [4.69, 9.17) is 0 Å². The Hall–Kier alpha value is -3.05. The average Bonchev–Trinajstić information content (AvgIpc) is 3.62. The van der Waals surface area contributed by atoms with Crippen molar-refractivity contribution >= 4 is 5.71 Å². The highest BCUT2D eigenvalue weighted by atomic mass is 19.1. The van der Waals surface area contributed by atoms with E-state index in [1.54, 1.807) is 19.2 Å². The van der Waals surface area contributed by atoms with Crippen molar-refractivity contribution in [1.29, 1.82) is 0 Å². The Balaban J connectivity index is 0.000000278. The SMILES string of the molecule is C=C/C=C(\C=C)CNC(=C)C1CCCN1C.C=CCC(CC=C)=NC.Fc1ncccc1C1CC1. The molecule has 2 aliphatic rings. The van der Waals surface area contributed by atoms with E-state index < -0.39 is 0 Å². The fraction of sp³-hybridized carbons (Fsp3) is 0.400. The maximum Gasteiger partial charge on any atom is 0.216 e. The van der Waals surface area contributed by atoms with Gasteiger partial charge in [-0.3, -0.25) is 9.89 Å². The molecule has 1 saturated carbocycles. The van der Waals surface area contributed by atoms with Crippen molar-refractivity contribution in [2.75, 3.05) is 27.2 Å². The Kier molecular flexibility index (Phi) is 14.9. The van der Waals surface area contributed by atoms with Crippen molar-refractivity contribution < 1.29 is 4.39 Å². The van der Waals surface area contributed by atoms with Gasteiger partial charge in [0.25, 0.3) is 0 Å². The number of nitrogens with one attached hydrogen (secondary N) is 1. The monoisotopic (exact) mass is 478 g/mol. The third-order valence-electron chi connectivity index (χ3n) is 5.92. The fourth-order valence-corrected chi connectivity index (χ4v) is 3.73. The summed E-state index contributed by atoms with van der Waals surface area (Å²) in [6, 6.07) is 4.09. The molecule has 5 heteroatoms. The second-order valence-electron chi connectivity index (χ2n) is 8.63. The molecular weight excluding hydrogens is 435 g/mol. The highest BCUT2D eigenvalue weighted by molar-refractivity contribution is 5.86. The molecule has 1 aliphatic heterocycles. The molecule has 1 unspecified atom stereocenters. The van der Waals surface area contributed by atoms with E-state index in [1.807, 2.05) is 30.4 Å². The first-order valence-corrected chi connectivity index (χ1v) is 12.2. The zero-order valence-electron chi connectivity index (χ0n) is 21.7. The van der Waals surface area contributed by atoms with E-state index in [1.165, 1.54) is 25.6 Å². The summed E-state index contributed by atoms with van der Waals surface area (Å²) < 4.78 is 12.8. The number of likely N-dealkylation sites (tertiary alicyclic amines) is 1. The van der Waals surface area contributed by atoms with Crippen LogP contribution in [0.2, 0.25) is 0 Å². The number of halogens is 1. The summed E-state index contributed by atoms with van der Waals surface area (Å²) in [5, 5.41) is 3.37. The standard InChI is InChI=1S/C14H22N2.C8H8FN.C8H13N/c1-5-8-13(6-2)11-15-12(3)14-9-7-10-16(14)4;9-8-7(6-3-4-6)2-1-5-10-8;1-4-6-8(9-3)7-5-2/h5-6,8,14-15H,1-3,7,9-11H2,4H3;1-2,5-6H,3-4H2;4-5H,1-2,6-7H2,3H3/b13-8+;;. The van der Waals surface area contributed by atoms with Crippen LogP contribution in [0.1, 0.15) is 50.0 Å². The molecule has 3 rings (SSSR count). The first-order valence-electron chi connectivity index (χ1n) is 12.2. The van der Waals surface area contributed by atoms with Crippen LogP contribution in [-0.2, 0) is 0 Å². The minimum atomic E-state index is -0.287. The first kappa shape index (κ1) is 30.0. The first-order chi connectivity index (χ1) is 16.9. The summed E-state index contributed by atoms with van der Waals surface area (Å²) in [5.41, 5.74) is 4.18. The van der Waals surface area contributed by atoms with Gasteiger partial charge in [-0.2, -0.15) is 4.39 Å². The summed E-state index contributed by atoms with van der Waals surface area (Å²) in [6.07, 6.45) is 17.3. The molecule has 1 aromatic rings. The predicted octanol–water partition coefficient (Wildman–Crippen LogP) is 6.79. The van der Waals surface area contributed by atoms with Gasteiger partial charge in [0.2, 0.25) is 5.95 Å². The van der Waals surface area contributed by atoms with Crippen LogP contribution in [0.3, 0.4) is 0 Å². The molecule has 0 spiro atoms. The van der Waals surface area contributed by atoms with Crippen molar-refractivity contribution in [2.24, 2.45) is 4.99 Å². The van der Waals surface area contributed by atoms with Gasteiger partial charge in [-0.25, -0.2) is 4.98 Å². The van der Waals surface area contributed by atoms with Crippen molar-refractivity contribution in [3.05, 3.63) is 104 Å². The molecule has 0 aromatic carbocycles. The van der Waals surface area contributed by atoms with Crippen LogP contribution in [-0.4, -0.2) is 48.8 Å². The number of aromatic nitrogens is 1. The van der Waals surface area contributed by atoms with E-state index in [9.17, 15) is 4.39 Å². The van der Waals surface area contributed by atoms with E-state index >= 15 is 0 Å². The Bertz CT molecular complexity index is 883. The second-order valence-corrected chi connectivity index (χ2v) is 8.63. The number of pyridine rings is 1. The van der Waals surface area contributed by atoms with Gasteiger partial charge in [0.15, 0.2) is 0 Å². The van der Waals surface area contributed by atoms with E-state index in [2.05, 4.69) is 60.1 Å². The van der Waals surface area contributed by atoms with Gasteiger partial charge in [0.05, 0.1) is 0 Å². The summed E-state index contributed by atoms with van der Waals surface area (Å²) in [6.45, 7) is 20.7. The number of nitrogens with zero attached hydrogens (tertiary/aromatic N) is 3. The maximum absolute atomic E-state index is 12.8. The minimum Gasteiger partial charge on any atom is -0.383 e. The van der Waals surface area contributed by atoms with Crippen molar-refractivity contribution in [1.82, 2.24) is 15.2 Å². The summed E-state index contributed by atoms with van der Waals surface area (Å²) in [4.78, 5) is 9.96. The van der Waals surface area contributed by atoms with Gasteiger partial charge < -0.3 is 5.32 Å². The molecule has 2 heterocycles. The quantitative estimate of drug-likeness (QED) is 0.165. The summed E-state index contributed by atoms with van der Waals surface area (Å²) in [5.74, 6) is 0.179. The Morgan fingerprint density at radius 2 is 1.89 bits per heavy atom. The van der Waals surface area contributed by atoms with Crippen LogP contribution >= 0.6 is 0 Å². The van der Waals surface area contributed by atoms with E-state index in [0.29, 0.717) is 12.0 Å². The molecule has 4 nitrogen and oxygen atoms in total. The molecule has 1 atom stereocenters. The molecule has 1 N–H and O–H groups in total. The van der Waals surface area contributed by atoms with E-state index in [-0.39, 0.29) is 5.95 Å². The number of allylic oxidation sites excluding steroid dienone is 4. The lowest BCUT2D eigenvalue weighted by molar-refractivity contribution is 0.335. The molecule has 190 valence electrons. The molecular formula is C30H43FN4. The number of hydrogen-bond donors (Lipinski definition) is 1. The molecule has 0 radical (unpaired) electrons. The van der Waals surface area contributed by atoms with Crippen molar-refractivity contribution in [3.63, 3.8) is 0 Å². The fourth-order valence-electron chi connectivity index (χ4n) is 3.73.